The van der Waals surface area contributed by atoms with Gasteiger partial charge >= 0.3 is 0 Å². The number of fused-ring (bicyclic) bond motifs is 1. The fourth-order valence-electron chi connectivity index (χ4n) is 2.63. The third-order valence-electron chi connectivity index (χ3n) is 3.96. The minimum absolute atomic E-state index is 0.0255. The van der Waals surface area contributed by atoms with Crippen molar-refractivity contribution >= 4 is 50.8 Å². The molecule has 1 amide bonds. The van der Waals surface area contributed by atoms with Gasteiger partial charge in [-0.25, -0.2) is 4.98 Å². The van der Waals surface area contributed by atoms with Crippen molar-refractivity contribution in [3.63, 3.8) is 0 Å². The Labute approximate surface area is 170 Å². The molecular weight excluding hydrogens is 402 g/mol. The number of nitrogens with one attached hydrogen (secondary N) is 1. The Morgan fingerprint density at radius 3 is 2.81 bits per heavy atom. The molecule has 0 aliphatic heterocycles. The maximum absolute atomic E-state index is 12.6. The van der Waals surface area contributed by atoms with Crippen molar-refractivity contribution < 1.29 is 4.79 Å². The summed E-state index contributed by atoms with van der Waals surface area (Å²) in [6.07, 6.45) is 1.58. The molecule has 0 aliphatic carbocycles. The molecule has 0 spiro atoms. The van der Waals surface area contributed by atoms with Gasteiger partial charge in [-0.15, -0.1) is 11.3 Å². The normalized spacial score (nSPS) is 11.0. The zero-order valence-electron chi connectivity index (χ0n) is 14.9. The van der Waals surface area contributed by atoms with Gasteiger partial charge < -0.3 is 5.32 Å². The lowest BCUT2D eigenvalue weighted by atomic mass is 10.1. The highest BCUT2D eigenvalue weighted by Crippen LogP contribution is 2.21. The lowest BCUT2D eigenvalue weighted by Crippen LogP contribution is -2.28. The highest BCUT2D eigenvalue weighted by atomic mass is 35.5. The molecule has 0 saturated carbocycles. The molecule has 8 heteroatoms. The molecule has 0 bridgehead atoms. The van der Waals surface area contributed by atoms with Gasteiger partial charge in [0.1, 0.15) is 4.70 Å². The predicted octanol–water partition coefficient (Wildman–Crippen LogP) is 3.97. The number of carbonyl (C=O) groups excluding carboxylic acids is 1. The lowest BCUT2D eigenvalue weighted by molar-refractivity contribution is -0.118. The Morgan fingerprint density at radius 2 is 2.07 bits per heavy atom. The number of nitrogens with zero attached hydrogens (tertiary/aromatic N) is 2. The summed E-state index contributed by atoms with van der Waals surface area (Å²) >= 11 is 8.58. The largest absolute Gasteiger partial charge is 0.355 e. The average molecular weight is 422 g/mol. The average Bonchev–Trinajstić information content (AvgIpc) is 3.13. The van der Waals surface area contributed by atoms with E-state index in [4.69, 9.17) is 11.6 Å². The molecule has 27 heavy (non-hydrogen) atoms. The third kappa shape index (κ3) is 5.12. The first kappa shape index (κ1) is 19.9. The monoisotopic (exact) mass is 421 g/mol. The van der Waals surface area contributed by atoms with Gasteiger partial charge in [-0.3, -0.25) is 14.2 Å². The van der Waals surface area contributed by atoms with Crippen molar-refractivity contribution in [2.75, 3.05) is 12.3 Å². The number of thioether (sulfide) groups is 1. The molecule has 0 radical (unpaired) electrons. The van der Waals surface area contributed by atoms with Crippen molar-refractivity contribution in [1.29, 1.82) is 0 Å². The molecule has 0 atom stereocenters. The summed E-state index contributed by atoms with van der Waals surface area (Å²) in [5, 5.41) is 6.08. The highest BCUT2D eigenvalue weighted by Gasteiger charge is 2.13. The van der Waals surface area contributed by atoms with Crippen LogP contribution in [0.4, 0.5) is 0 Å². The van der Waals surface area contributed by atoms with Crippen molar-refractivity contribution in [2.24, 2.45) is 0 Å². The molecule has 3 rings (SSSR count). The van der Waals surface area contributed by atoms with Gasteiger partial charge in [0.05, 0.1) is 11.3 Å². The van der Waals surface area contributed by atoms with Crippen LogP contribution in [0.2, 0.25) is 5.02 Å². The Bertz CT molecular complexity index is 983. The van der Waals surface area contributed by atoms with E-state index in [1.807, 2.05) is 42.6 Å². The van der Waals surface area contributed by atoms with E-state index in [1.54, 1.807) is 4.57 Å². The van der Waals surface area contributed by atoms with Crippen molar-refractivity contribution in [3.8, 4) is 0 Å². The Hall–Kier alpha value is -1.83. The standard InChI is InChI=1S/C19H20ClN3O2S2/c1-2-10-23-18(25)17-15(8-11-26-17)22-19(23)27-12-16(24)21-9-7-13-3-5-14(20)6-4-13/h3-6,8,11H,2,7,9-10,12H2,1H3,(H,21,24). The summed E-state index contributed by atoms with van der Waals surface area (Å²) in [4.78, 5) is 29.3. The Morgan fingerprint density at radius 1 is 1.30 bits per heavy atom. The van der Waals surface area contributed by atoms with E-state index in [0.717, 1.165) is 18.4 Å². The van der Waals surface area contributed by atoms with Gasteiger partial charge in [0.25, 0.3) is 5.56 Å². The van der Waals surface area contributed by atoms with E-state index in [1.165, 1.54) is 23.1 Å². The molecule has 2 heterocycles. The molecule has 2 aromatic heterocycles. The number of thiophene rings is 1. The summed E-state index contributed by atoms with van der Waals surface area (Å²) in [6.45, 7) is 3.17. The van der Waals surface area contributed by atoms with Crippen molar-refractivity contribution in [2.45, 2.75) is 31.5 Å². The van der Waals surface area contributed by atoms with E-state index in [-0.39, 0.29) is 17.2 Å². The quantitative estimate of drug-likeness (QED) is 0.441. The van der Waals surface area contributed by atoms with Gasteiger partial charge in [-0.1, -0.05) is 42.4 Å². The van der Waals surface area contributed by atoms with Crippen LogP contribution in [0.3, 0.4) is 0 Å². The lowest BCUT2D eigenvalue weighted by Gasteiger charge is -2.11. The highest BCUT2D eigenvalue weighted by molar-refractivity contribution is 7.99. The molecular formula is C19H20ClN3O2S2. The predicted molar refractivity (Wildman–Crippen MR) is 113 cm³/mol. The Kier molecular flexibility index (Phi) is 6.93. The van der Waals surface area contributed by atoms with Crippen LogP contribution in [0, 0.1) is 0 Å². The fraction of sp³-hybridized carbons (Fsp3) is 0.316. The summed E-state index contributed by atoms with van der Waals surface area (Å²) in [5.41, 5.74) is 1.79. The maximum Gasteiger partial charge on any atom is 0.272 e. The van der Waals surface area contributed by atoms with Crippen LogP contribution in [0.15, 0.2) is 45.7 Å². The van der Waals surface area contributed by atoms with Crippen LogP contribution >= 0.6 is 34.7 Å². The maximum atomic E-state index is 12.6. The summed E-state index contributed by atoms with van der Waals surface area (Å²) < 4.78 is 2.34. The second-order valence-electron chi connectivity index (χ2n) is 6.00. The molecule has 0 fully saturated rings. The third-order valence-corrected chi connectivity index (χ3v) is 6.08. The van der Waals surface area contributed by atoms with Gasteiger partial charge in [0.2, 0.25) is 5.91 Å². The van der Waals surface area contributed by atoms with Crippen LogP contribution in [-0.2, 0) is 17.8 Å². The van der Waals surface area contributed by atoms with Crippen LogP contribution in [0.5, 0.6) is 0 Å². The molecule has 1 N–H and O–H groups in total. The van der Waals surface area contributed by atoms with Crippen LogP contribution in [0.1, 0.15) is 18.9 Å². The number of benzene rings is 1. The molecule has 0 aliphatic rings. The molecule has 3 aromatic rings. The molecule has 1 aromatic carbocycles. The molecule has 5 nitrogen and oxygen atoms in total. The topological polar surface area (TPSA) is 64.0 Å². The minimum Gasteiger partial charge on any atom is -0.355 e. The summed E-state index contributed by atoms with van der Waals surface area (Å²) in [7, 11) is 0. The number of aromatic nitrogens is 2. The van der Waals surface area contributed by atoms with Crippen LogP contribution in [0.25, 0.3) is 10.2 Å². The van der Waals surface area contributed by atoms with Crippen LogP contribution < -0.4 is 10.9 Å². The number of amides is 1. The molecule has 0 unspecified atom stereocenters. The number of rotatable bonds is 8. The van der Waals surface area contributed by atoms with Crippen LogP contribution in [-0.4, -0.2) is 27.8 Å². The fourth-order valence-corrected chi connectivity index (χ4v) is 4.39. The van der Waals surface area contributed by atoms with Gasteiger partial charge in [0, 0.05) is 18.1 Å². The van der Waals surface area contributed by atoms with E-state index in [2.05, 4.69) is 10.3 Å². The summed E-state index contributed by atoms with van der Waals surface area (Å²) in [5.74, 6) is 0.156. The molecule has 142 valence electrons. The van der Waals surface area contributed by atoms with E-state index >= 15 is 0 Å². The zero-order valence-corrected chi connectivity index (χ0v) is 17.3. The number of hydrogen-bond donors (Lipinski definition) is 1. The first-order valence-corrected chi connectivity index (χ1v) is 10.9. The first-order chi connectivity index (χ1) is 13.1. The Balaban J connectivity index is 1.58. The van der Waals surface area contributed by atoms with Gasteiger partial charge in [-0.2, -0.15) is 0 Å². The van der Waals surface area contributed by atoms with Gasteiger partial charge in [0.15, 0.2) is 5.16 Å². The zero-order chi connectivity index (χ0) is 19.2. The second kappa shape index (κ2) is 9.39. The SMILES string of the molecule is CCCn1c(SCC(=O)NCCc2ccc(Cl)cc2)nc2ccsc2c1=O. The summed E-state index contributed by atoms with van der Waals surface area (Å²) in [6, 6.07) is 9.43. The molecule has 0 saturated heterocycles. The smallest absolute Gasteiger partial charge is 0.272 e. The van der Waals surface area contributed by atoms with Crippen molar-refractivity contribution in [3.05, 3.63) is 56.7 Å². The van der Waals surface area contributed by atoms with E-state index in [0.29, 0.717) is 33.5 Å². The van der Waals surface area contributed by atoms with Crippen molar-refractivity contribution in [1.82, 2.24) is 14.9 Å². The number of carbonyl (C=O) groups is 1. The second-order valence-corrected chi connectivity index (χ2v) is 8.30. The minimum atomic E-state index is -0.0725. The van der Waals surface area contributed by atoms with E-state index < -0.39 is 0 Å². The van der Waals surface area contributed by atoms with E-state index in [9.17, 15) is 9.59 Å². The number of halogens is 1. The van der Waals surface area contributed by atoms with Gasteiger partial charge in [-0.05, 0) is 42.0 Å². The first-order valence-electron chi connectivity index (χ1n) is 8.70. The number of hydrogen-bond acceptors (Lipinski definition) is 5.